The van der Waals surface area contributed by atoms with Gasteiger partial charge in [-0.05, 0) is 30.7 Å². The van der Waals surface area contributed by atoms with Crippen LogP contribution in [0.1, 0.15) is 18.2 Å². The van der Waals surface area contributed by atoms with Crippen LogP contribution in [0, 0.1) is 0 Å². The van der Waals surface area contributed by atoms with E-state index < -0.39 is 0 Å². The number of alkyl halides is 1. The Morgan fingerprint density at radius 2 is 1.94 bits per heavy atom. The summed E-state index contributed by atoms with van der Waals surface area (Å²) in [5.41, 5.74) is 2.73. The van der Waals surface area contributed by atoms with Gasteiger partial charge in [-0.2, -0.15) is 5.10 Å². The monoisotopic (exact) mass is 284 g/mol. The quantitative estimate of drug-likeness (QED) is 0.798. The third kappa shape index (κ3) is 2.33. The molecule has 0 N–H and O–H groups in total. The molecular formula is C13H14Cl2N2O. The van der Waals surface area contributed by atoms with E-state index in [0.29, 0.717) is 11.0 Å². The van der Waals surface area contributed by atoms with Crippen LogP contribution in [0.2, 0.25) is 5.15 Å². The number of aryl methyl sites for hydroxylation is 1. The van der Waals surface area contributed by atoms with E-state index in [-0.39, 0.29) is 0 Å². The Balaban J connectivity index is 2.46. The van der Waals surface area contributed by atoms with Crippen LogP contribution >= 0.6 is 23.2 Å². The second kappa shape index (κ2) is 5.63. The van der Waals surface area contributed by atoms with Gasteiger partial charge in [0.05, 0.1) is 24.4 Å². The predicted octanol–water partition coefficient (Wildman–Crippen LogP) is 3.84. The molecule has 3 nitrogen and oxygen atoms in total. The van der Waals surface area contributed by atoms with E-state index in [1.165, 1.54) is 0 Å². The summed E-state index contributed by atoms with van der Waals surface area (Å²) in [6.07, 6.45) is 0.810. The number of halogens is 2. The van der Waals surface area contributed by atoms with E-state index in [2.05, 4.69) is 5.10 Å². The molecule has 0 amide bonds. The highest BCUT2D eigenvalue weighted by atomic mass is 35.5. The first-order valence-electron chi connectivity index (χ1n) is 5.68. The molecule has 1 aromatic heterocycles. The molecule has 0 aliphatic carbocycles. The maximum atomic E-state index is 6.30. The van der Waals surface area contributed by atoms with E-state index in [1.807, 2.05) is 31.2 Å². The Hall–Kier alpha value is -1.19. The first-order valence-corrected chi connectivity index (χ1v) is 6.59. The summed E-state index contributed by atoms with van der Waals surface area (Å²) in [7, 11) is 1.64. The zero-order valence-electron chi connectivity index (χ0n) is 10.3. The van der Waals surface area contributed by atoms with Crippen molar-refractivity contribution in [2.45, 2.75) is 19.2 Å². The molecule has 0 aliphatic rings. The van der Waals surface area contributed by atoms with Crippen LogP contribution < -0.4 is 4.74 Å². The highest BCUT2D eigenvalue weighted by Crippen LogP contribution is 2.26. The number of ether oxygens (including phenoxy) is 1. The lowest BCUT2D eigenvalue weighted by Gasteiger charge is -2.04. The minimum atomic E-state index is 0.373. The molecule has 18 heavy (non-hydrogen) atoms. The first kappa shape index (κ1) is 13.2. The van der Waals surface area contributed by atoms with Crippen LogP contribution in [-0.4, -0.2) is 16.9 Å². The Bertz CT molecular complexity index is 535. The fourth-order valence-corrected chi connectivity index (χ4v) is 2.44. The van der Waals surface area contributed by atoms with Crippen molar-refractivity contribution in [1.82, 2.24) is 9.78 Å². The molecule has 2 aromatic rings. The van der Waals surface area contributed by atoms with Crippen LogP contribution in [0.25, 0.3) is 5.69 Å². The summed E-state index contributed by atoms with van der Waals surface area (Å²) in [6, 6.07) is 7.57. The number of benzene rings is 1. The van der Waals surface area contributed by atoms with E-state index in [1.54, 1.807) is 11.8 Å². The van der Waals surface area contributed by atoms with Gasteiger partial charge in [0.1, 0.15) is 10.9 Å². The molecule has 0 bridgehead atoms. The third-order valence-corrected chi connectivity index (χ3v) is 3.45. The Kier molecular flexibility index (Phi) is 4.15. The van der Waals surface area contributed by atoms with Crippen molar-refractivity contribution in [1.29, 1.82) is 0 Å². The van der Waals surface area contributed by atoms with Crippen molar-refractivity contribution in [2.75, 3.05) is 7.11 Å². The van der Waals surface area contributed by atoms with Gasteiger partial charge in [0.25, 0.3) is 0 Å². The maximum absolute atomic E-state index is 6.30. The van der Waals surface area contributed by atoms with Crippen LogP contribution in [-0.2, 0) is 12.3 Å². The summed E-state index contributed by atoms with van der Waals surface area (Å²) in [6.45, 7) is 2.03. The largest absolute Gasteiger partial charge is 0.497 e. The second-order valence-corrected chi connectivity index (χ2v) is 4.44. The normalized spacial score (nSPS) is 10.7. The topological polar surface area (TPSA) is 27.1 Å². The molecule has 1 heterocycles. The van der Waals surface area contributed by atoms with Gasteiger partial charge in [-0.1, -0.05) is 18.5 Å². The summed E-state index contributed by atoms with van der Waals surface area (Å²) in [5.74, 6) is 1.17. The van der Waals surface area contributed by atoms with E-state index in [9.17, 15) is 0 Å². The number of methoxy groups -OCH3 is 1. The van der Waals surface area contributed by atoms with Gasteiger partial charge in [0.2, 0.25) is 0 Å². The Labute approximate surface area is 116 Å². The van der Waals surface area contributed by atoms with Gasteiger partial charge >= 0.3 is 0 Å². The summed E-state index contributed by atoms with van der Waals surface area (Å²) < 4.78 is 6.83. The van der Waals surface area contributed by atoms with Crippen molar-refractivity contribution >= 4 is 23.2 Å². The molecule has 1 aromatic carbocycles. The smallest absolute Gasteiger partial charge is 0.137 e. The summed E-state index contributed by atoms with van der Waals surface area (Å²) >= 11 is 12.2. The highest BCUT2D eigenvalue weighted by molar-refractivity contribution is 6.31. The van der Waals surface area contributed by atoms with E-state index in [0.717, 1.165) is 29.1 Å². The molecule has 0 atom stereocenters. The third-order valence-electron chi connectivity index (χ3n) is 2.79. The predicted molar refractivity (Wildman–Crippen MR) is 74.1 cm³/mol. The molecule has 96 valence electrons. The minimum Gasteiger partial charge on any atom is -0.497 e. The highest BCUT2D eigenvalue weighted by Gasteiger charge is 2.15. The standard InChI is InChI=1S/C13H14Cl2N2O/c1-3-12-11(8-14)13(15)17(16-12)9-4-6-10(18-2)7-5-9/h4-7H,3,8H2,1-2H3. The maximum Gasteiger partial charge on any atom is 0.137 e. The molecule has 0 fully saturated rings. The van der Waals surface area contributed by atoms with Crippen molar-refractivity contribution in [3.8, 4) is 11.4 Å². The van der Waals surface area contributed by atoms with Gasteiger partial charge in [-0.15, -0.1) is 11.6 Å². The summed E-state index contributed by atoms with van der Waals surface area (Å²) in [4.78, 5) is 0. The average molecular weight is 285 g/mol. The molecule has 0 aliphatic heterocycles. The lowest BCUT2D eigenvalue weighted by atomic mass is 10.2. The number of hydrogen-bond acceptors (Lipinski definition) is 2. The van der Waals surface area contributed by atoms with Crippen LogP contribution in [0.15, 0.2) is 24.3 Å². The van der Waals surface area contributed by atoms with Gasteiger partial charge in [-0.3, -0.25) is 0 Å². The first-order chi connectivity index (χ1) is 8.71. The number of hydrogen-bond donors (Lipinski definition) is 0. The van der Waals surface area contributed by atoms with E-state index >= 15 is 0 Å². The van der Waals surface area contributed by atoms with Crippen LogP contribution in [0.4, 0.5) is 0 Å². The zero-order valence-corrected chi connectivity index (χ0v) is 11.8. The molecule has 0 saturated carbocycles. The number of nitrogens with zero attached hydrogens (tertiary/aromatic N) is 2. The van der Waals surface area contributed by atoms with Crippen molar-refractivity contribution in [3.63, 3.8) is 0 Å². The fraction of sp³-hybridized carbons (Fsp3) is 0.308. The van der Waals surface area contributed by atoms with Gasteiger partial charge in [0.15, 0.2) is 0 Å². The molecule has 0 radical (unpaired) electrons. The van der Waals surface area contributed by atoms with E-state index in [4.69, 9.17) is 27.9 Å². The molecule has 2 rings (SSSR count). The lowest BCUT2D eigenvalue weighted by Crippen LogP contribution is -1.97. The average Bonchev–Trinajstić information content (AvgIpc) is 2.75. The number of aromatic nitrogens is 2. The molecule has 0 saturated heterocycles. The lowest BCUT2D eigenvalue weighted by molar-refractivity contribution is 0.414. The molecule has 0 spiro atoms. The summed E-state index contributed by atoms with van der Waals surface area (Å²) in [5, 5.41) is 5.06. The fourth-order valence-electron chi connectivity index (χ4n) is 1.78. The van der Waals surface area contributed by atoms with Gasteiger partial charge in [-0.25, -0.2) is 4.68 Å². The minimum absolute atomic E-state index is 0.373. The zero-order chi connectivity index (χ0) is 13.1. The van der Waals surface area contributed by atoms with Crippen molar-refractivity contribution < 1.29 is 4.74 Å². The Morgan fingerprint density at radius 1 is 1.28 bits per heavy atom. The second-order valence-electron chi connectivity index (χ2n) is 3.81. The number of rotatable bonds is 4. The molecule has 0 unspecified atom stereocenters. The van der Waals surface area contributed by atoms with Crippen LogP contribution in [0.3, 0.4) is 0 Å². The molecular weight excluding hydrogens is 271 g/mol. The van der Waals surface area contributed by atoms with Crippen molar-refractivity contribution in [2.24, 2.45) is 0 Å². The van der Waals surface area contributed by atoms with Gasteiger partial charge in [0, 0.05) is 5.56 Å². The van der Waals surface area contributed by atoms with Gasteiger partial charge < -0.3 is 4.74 Å². The van der Waals surface area contributed by atoms with Crippen molar-refractivity contribution in [3.05, 3.63) is 40.7 Å². The molecule has 5 heteroatoms. The Morgan fingerprint density at radius 3 is 2.39 bits per heavy atom. The SMILES string of the molecule is CCc1nn(-c2ccc(OC)cc2)c(Cl)c1CCl. The van der Waals surface area contributed by atoms with Crippen LogP contribution in [0.5, 0.6) is 5.75 Å².